The number of aromatic nitrogens is 2. The van der Waals surface area contributed by atoms with Crippen molar-refractivity contribution < 1.29 is 4.74 Å². The number of hydrogen-bond acceptors (Lipinski definition) is 5. The van der Waals surface area contributed by atoms with Crippen LogP contribution in [0.15, 0.2) is 6.33 Å². The molecule has 18 heavy (non-hydrogen) atoms. The van der Waals surface area contributed by atoms with Gasteiger partial charge >= 0.3 is 0 Å². The van der Waals surface area contributed by atoms with Crippen molar-refractivity contribution in [3.63, 3.8) is 0 Å². The van der Waals surface area contributed by atoms with Crippen LogP contribution in [0.3, 0.4) is 0 Å². The lowest BCUT2D eigenvalue weighted by Gasteiger charge is -2.27. The lowest BCUT2D eigenvalue weighted by Crippen LogP contribution is -2.45. The molecule has 0 aromatic carbocycles. The van der Waals surface area contributed by atoms with Gasteiger partial charge in [0.15, 0.2) is 0 Å². The van der Waals surface area contributed by atoms with Gasteiger partial charge in [0.05, 0.1) is 12.2 Å². The molecule has 1 heterocycles. The molecule has 5 heteroatoms. The van der Waals surface area contributed by atoms with Crippen molar-refractivity contribution in [2.45, 2.75) is 46.1 Å². The molecule has 0 aliphatic heterocycles. The van der Waals surface area contributed by atoms with Crippen LogP contribution in [0.1, 0.15) is 39.2 Å². The highest BCUT2D eigenvalue weighted by atomic mass is 16.5. The predicted octanol–water partition coefficient (Wildman–Crippen LogP) is 2.11. The largest absolute Gasteiger partial charge is 0.478 e. The van der Waals surface area contributed by atoms with E-state index >= 15 is 0 Å². The lowest BCUT2D eigenvalue weighted by molar-refractivity contribution is 0.323. The van der Waals surface area contributed by atoms with Crippen molar-refractivity contribution >= 4 is 5.82 Å². The maximum absolute atomic E-state index is 6.25. The first-order chi connectivity index (χ1) is 8.56. The topological polar surface area (TPSA) is 73.1 Å². The molecule has 0 fully saturated rings. The summed E-state index contributed by atoms with van der Waals surface area (Å²) in [5.41, 5.74) is 6.99. The van der Waals surface area contributed by atoms with Crippen LogP contribution in [0.5, 0.6) is 5.88 Å². The highest BCUT2D eigenvalue weighted by molar-refractivity contribution is 5.47. The Kier molecular flexibility index (Phi) is 5.34. The highest BCUT2D eigenvalue weighted by Gasteiger charge is 2.20. The molecule has 0 unspecified atom stereocenters. The normalized spacial score (nSPS) is 11.4. The SMILES string of the molecule is CCOc1ncnc(NCC(N)(CC)CC)c1C. The molecule has 1 aromatic rings. The fraction of sp³-hybridized carbons (Fsp3) is 0.692. The first-order valence-corrected chi connectivity index (χ1v) is 6.53. The van der Waals surface area contributed by atoms with E-state index in [1.165, 1.54) is 6.33 Å². The van der Waals surface area contributed by atoms with Crippen molar-refractivity contribution in [3.05, 3.63) is 11.9 Å². The van der Waals surface area contributed by atoms with Gasteiger partial charge in [-0.05, 0) is 26.7 Å². The molecule has 0 aliphatic carbocycles. The smallest absolute Gasteiger partial charge is 0.221 e. The third kappa shape index (κ3) is 3.57. The van der Waals surface area contributed by atoms with Crippen LogP contribution in [-0.2, 0) is 0 Å². The fourth-order valence-electron chi connectivity index (χ4n) is 1.65. The first-order valence-electron chi connectivity index (χ1n) is 6.53. The van der Waals surface area contributed by atoms with E-state index in [-0.39, 0.29) is 5.54 Å². The van der Waals surface area contributed by atoms with Crippen molar-refractivity contribution in [3.8, 4) is 5.88 Å². The summed E-state index contributed by atoms with van der Waals surface area (Å²) in [5, 5.41) is 3.30. The highest BCUT2D eigenvalue weighted by Crippen LogP contribution is 2.21. The average molecular weight is 252 g/mol. The number of rotatable bonds is 7. The van der Waals surface area contributed by atoms with E-state index in [0.717, 1.165) is 24.2 Å². The molecule has 1 aromatic heterocycles. The average Bonchev–Trinajstić information content (AvgIpc) is 2.39. The van der Waals surface area contributed by atoms with Gasteiger partial charge in [-0.25, -0.2) is 9.97 Å². The van der Waals surface area contributed by atoms with Gasteiger partial charge in [0.25, 0.3) is 0 Å². The Morgan fingerprint density at radius 3 is 2.50 bits per heavy atom. The standard InChI is InChI=1S/C13H24N4O/c1-5-13(14,6-2)8-15-11-10(4)12(18-7-3)17-9-16-11/h9H,5-8,14H2,1-4H3,(H,15,16,17). The Morgan fingerprint density at radius 2 is 1.94 bits per heavy atom. The Hall–Kier alpha value is -1.36. The van der Waals surface area contributed by atoms with Crippen LogP contribution in [0.4, 0.5) is 5.82 Å². The number of ether oxygens (including phenoxy) is 1. The van der Waals surface area contributed by atoms with Crippen molar-refractivity contribution in [1.29, 1.82) is 0 Å². The van der Waals surface area contributed by atoms with Crippen molar-refractivity contribution in [2.75, 3.05) is 18.5 Å². The molecule has 0 bridgehead atoms. The number of nitrogens with zero attached hydrogens (tertiary/aromatic N) is 2. The van der Waals surface area contributed by atoms with E-state index in [0.29, 0.717) is 19.0 Å². The van der Waals surface area contributed by atoms with Gasteiger partial charge in [-0.2, -0.15) is 0 Å². The molecule has 0 saturated heterocycles. The zero-order valence-corrected chi connectivity index (χ0v) is 11.8. The zero-order chi connectivity index (χ0) is 13.6. The fourth-order valence-corrected chi connectivity index (χ4v) is 1.65. The quantitative estimate of drug-likeness (QED) is 0.777. The minimum absolute atomic E-state index is 0.191. The van der Waals surface area contributed by atoms with E-state index in [2.05, 4.69) is 29.1 Å². The van der Waals surface area contributed by atoms with Crippen molar-refractivity contribution in [2.24, 2.45) is 5.73 Å². The molecule has 0 atom stereocenters. The number of anilines is 1. The van der Waals surface area contributed by atoms with E-state index in [4.69, 9.17) is 10.5 Å². The molecule has 3 N–H and O–H groups in total. The third-order valence-corrected chi connectivity index (χ3v) is 3.34. The number of nitrogens with one attached hydrogen (secondary N) is 1. The second-order valence-corrected chi connectivity index (χ2v) is 4.51. The lowest BCUT2D eigenvalue weighted by atomic mass is 9.94. The van der Waals surface area contributed by atoms with Gasteiger partial charge in [-0.15, -0.1) is 0 Å². The minimum atomic E-state index is -0.191. The summed E-state index contributed by atoms with van der Waals surface area (Å²) in [5.74, 6) is 1.43. The van der Waals surface area contributed by atoms with E-state index in [1.54, 1.807) is 0 Å². The first kappa shape index (κ1) is 14.7. The summed E-state index contributed by atoms with van der Waals surface area (Å²) < 4.78 is 5.44. The molecular formula is C13H24N4O. The van der Waals surface area contributed by atoms with Crippen LogP contribution in [0.25, 0.3) is 0 Å². The molecule has 0 aliphatic rings. The van der Waals surface area contributed by atoms with E-state index < -0.39 is 0 Å². The van der Waals surface area contributed by atoms with Gasteiger partial charge in [0, 0.05) is 12.1 Å². The van der Waals surface area contributed by atoms with Gasteiger partial charge < -0.3 is 15.8 Å². The summed E-state index contributed by atoms with van der Waals surface area (Å²) in [4.78, 5) is 8.34. The van der Waals surface area contributed by atoms with Gasteiger partial charge in [0.2, 0.25) is 5.88 Å². The molecular weight excluding hydrogens is 228 g/mol. The molecule has 5 nitrogen and oxygen atoms in total. The molecule has 0 spiro atoms. The van der Waals surface area contributed by atoms with Crippen molar-refractivity contribution in [1.82, 2.24) is 9.97 Å². The van der Waals surface area contributed by atoms with Crippen LogP contribution in [0, 0.1) is 6.92 Å². The van der Waals surface area contributed by atoms with Gasteiger partial charge in [0.1, 0.15) is 12.1 Å². The summed E-state index contributed by atoms with van der Waals surface area (Å²) in [6.45, 7) is 9.38. The second-order valence-electron chi connectivity index (χ2n) is 4.51. The van der Waals surface area contributed by atoms with Crippen LogP contribution in [-0.4, -0.2) is 28.7 Å². The Morgan fingerprint density at radius 1 is 1.28 bits per heavy atom. The van der Waals surface area contributed by atoms with Crippen LogP contribution >= 0.6 is 0 Å². The molecule has 1 rings (SSSR count). The second kappa shape index (κ2) is 6.54. The van der Waals surface area contributed by atoms with Crippen LogP contribution < -0.4 is 15.8 Å². The molecule has 102 valence electrons. The monoisotopic (exact) mass is 252 g/mol. The van der Waals surface area contributed by atoms with Gasteiger partial charge in [-0.1, -0.05) is 13.8 Å². The Labute approximate surface area is 109 Å². The Balaban J connectivity index is 2.76. The summed E-state index contributed by atoms with van der Waals surface area (Å²) in [7, 11) is 0. The minimum Gasteiger partial charge on any atom is -0.478 e. The zero-order valence-electron chi connectivity index (χ0n) is 11.8. The molecule has 0 saturated carbocycles. The predicted molar refractivity (Wildman–Crippen MR) is 73.9 cm³/mol. The molecule has 0 radical (unpaired) electrons. The molecule has 0 amide bonds. The summed E-state index contributed by atoms with van der Waals surface area (Å²) in [6, 6.07) is 0. The van der Waals surface area contributed by atoms with Crippen LogP contribution in [0.2, 0.25) is 0 Å². The number of nitrogens with two attached hydrogens (primary N) is 1. The van der Waals surface area contributed by atoms with E-state index in [9.17, 15) is 0 Å². The maximum Gasteiger partial charge on any atom is 0.221 e. The third-order valence-electron chi connectivity index (χ3n) is 3.34. The Bertz CT molecular complexity index is 377. The van der Waals surface area contributed by atoms with E-state index in [1.807, 2.05) is 13.8 Å². The maximum atomic E-state index is 6.25. The number of hydrogen-bond donors (Lipinski definition) is 2. The summed E-state index contributed by atoms with van der Waals surface area (Å²) in [6.07, 6.45) is 3.37. The summed E-state index contributed by atoms with van der Waals surface area (Å²) >= 11 is 0. The van der Waals surface area contributed by atoms with Gasteiger partial charge in [-0.3, -0.25) is 0 Å².